The van der Waals surface area contributed by atoms with Crippen molar-refractivity contribution in [3.05, 3.63) is 11.6 Å². The first-order valence-electron chi connectivity index (χ1n) is 8.66. The first-order chi connectivity index (χ1) is 10.7. The number of aromatic amines is 1. The average molecular weight is 308 g/mol. The Morgan fingerprint density at radius 2 is 2.18 bits per heavy atom. The summed E-state index contributed by atoms with van der Waals surface area (Å²) >= 11 is 0. The normalized spacial score (nSPS) is 26.2. The lowest BCUT2D eigenvalue weighted by Gasteiger charge is -2.39. The van der Waals surface area contributed by atoms with Crippen LogP contribution >= 0.6 is 0 Å². The number of rotatable bonds is 5. The molecule has 0 aromatic carbocycles. The van der Waals surface area contributed by atoms with E-state index >= 15 is 0 Å². The highest BCUT2D eigenvalue weighted by molar-refractivity contribution is 4.98. The Labute approximate surface area is 132 Å². The van der Waals surface area contributed by atoms with Gasteiger partial charge in [-0.3, -0.25) is 10.00 Å². The molecule has 1 aliphatic heterocycles. The maximum absolute atomic E-state index is 10.7. The minimum Gasteiger partial charge on any atom is -0.389 e. The second kappa shape index (κ2) is 7.06. The van der Waals surface area contributed by atoms with Gasteiger partial charge in [0.25, 0.3) is 0 Å². The van der Waals surface area contributed by atoms with E-state index in [1.807, 2.05) is 0 Å². The van der Waals surface area contributed by atoms with Crippen LogP contribution in [0.4, 0.5) is 0 Å². The number of H-pyrrole nitrogens is 1. The number of aliphatic hydroxyl groups is 1. The van der Waals surface area contributed by atoms with Gasteiger partial charge in [0.1, 0.15) is 11.9 Å². The van der Waals surface area contributed by atoms with E-state index in [1.165, 1.54) is 6.42 Å². The molecule has 6 nitrogen and oxygen atoms in total. The van der Waals surface area contributed by atoms with E-state index in [0.717, 1.165) is 69.8 Å². The summed E-state index contributed by atoms with van der Waals surface area (Å²) in [4.78, 5) is 6.86. The van der Waals surface area contributed by atoms with E-state index in [0.29, 0.717) is 6.61 Å². The molecule has 1 saturated carbocycles. The van der Waals surface area contributed by atoms with Crippen LogP contribution in [0.1, 0.15) is 63.2 Å². The first kappa shape index (κ1) is 15.9. The van der Waals surface area contributed by atoms with Crippen molar-refractivity contribution in [1.29, 1.82) is 0 Å². The highest BCUT2D eigenvalue weighted by atomic mass is 16.5. The molecular formula is C16H28N4O2. The second-order valence-electron chi connectivity index (χ2n) is 6.77. The predicted octanol–water partition coefficient (Wildman–Crippen LogP) is 1.83. The molecule has 0 radical (unpaired) electrons. The summed E-state index contributed by atoms with van der Waals surface area (Å²) in [5, 5.41) is 18.0. The zero-order chi connectivity index (χ0) is 15.4. The number of aryl methyl sites for hydroxylation is 1. The van der Waals surface area contributed by atoms with Crippen LogP contribution in [0.25, 0.3) is 0 Å². The number of nitrogens with one attached hydrogen (secondary N) is 1. The quantitative estimate of drug-likeness (QED) is 0.868. The summed E-state index contributed by atoms with van der Waals surface area (Å²) in [5.74, 6) is 1.69. The third-order valence-corrected chi connectivity index (χ3v) is 4.78. The fraction of sp³-hybridized carbons (Fsp3) is 0.875. The third-order valence-electron chi connectivity index (χ3n) is 4.78. The van der Waals surface area contributed by atoms with Crippen LogP contribution in [0.2, 0.25) is 0 Å². The van der Waals surface area contributed by atoms with Gasteiger partial charge in [-0.2, -0.15) is 5.10 Å². The molecule has 1 unspecified atom stereocenters. The Balaban J connectivity index is 1.58. The summed E-state index contributed by atoms with van der Waals surface area (Å²) in [7, 11) is 0. The molecule has 2 fully saturated rings. The lowest BCUT2D eigenvalue weighted by molar-refractivity contribution is -0.0787. The van der Waals surface area contributed by atoms with Crippen LogP contribution in [0, 0.1) is 0 Å². The number of hydrogen-bond donors (Lipinski definition) is 2. The first-order valence-corrected chi connectivity index (χ1v) is 8.66. The molecule has 0 spiro atoms. The lowest BCUT2D eigenvalue weighted by atomic mass is 9.84. The van der Waals surface area contributed by atoms with Crippen molar-refractivity contribution in [2.24, 2.45) is 0 Å². The average Bonchev–Trinajstić information content (AvgIpc) is 2.97. The molecule has 2 aliphatic rings. The van der Waals surface area contributed by atoms with Crippen molar-refractivity contribution in [1.82, 2.24) is 20.1 Å². The Morgan fingerprint density at radius 1 is 1.36 bits per heavy atom. The minimum atomic E-state index is -0.507. The topological polar surface area (TPSA) is 74.3 Å². The van der Waals surface area contributed by atoms with Crippen molar-refractivity contribution in [2.75, 3.05) is 26.2 Å². The third kappa shape index (κ3) is 3.86. The zero-order valence-electron chi connectivity index (χ0n) is 13.6. The van der Waals surface area contributed by atoms with Gasteiger partial charge in [-0.05, 0) is 19.3 Å². The molecule has 0 amide bonds. The smallest absolute Gasteiger partial charge is 0.180 e. The van der Waals surface area contributed by atoms with Gasteiger partial charge in [0.05, 0.1) is 12.2 Å². The van der Waals surface area contributed by atoms with Gasteiger partial charge >= 0.3 is 0 Å². The zero-order valence-corrected chi connectivity index (χ0v) is 13.6. The number of hydrogen-bond acceptors (Lipinski definition) is 5. The van der Waals surface area contributed by atoms with Gasteiger partial charge < -0.3 is 9.84 Å². The molecule has 1 aromatic heterocycles. The van der Waals surface area contributed by atoms with Gasteiger partial charge in [0.15, 0.2) is 5.82 Å². The molecule has 1 aromatic rings. The molecule has 2 N–H and O–H groups in total. The van der Waals surface area contributed by atoms with Crippen LogP contribution in [0.5, 0.6) is 0 Å². The van der Waals surface area contributed by atoms with E-state index in [2.05, 4.69) is 27.0 Å². The standard InChI is InChI=1S/C16H28N4O2/c1-2-6-14-17-15(19-18-14)13-11-20(9-10-22-13)12-16(21)7-4-3-5-8-16/h13,21H,2-12H2,1H3,(H,17,18,19). The summed E-state index contributed by atoms with van der Waals surface area (Å²) in [6.45, 7) is 5.21. The molecule has 6 heteroatoms. The van der Waals surface area contributed by atoms with Gasteiger partial charge in [-0.15, -0.1) is 0 Å². The summed E-state index contributed by atoms with van der Waals surface area (Å²) < 4.78 is 5.84. The fourth-order valence-electron chi connectivity index (χ4n) is 3.59. The Morgan fingerprint density at radius 3 is 2.95 bits per heavy atom. The van der Waals surface area contributed by atoms with E-state index in [9.17, 15) is 5.11 Å². The molecule has 1 saturated heterocycles. The second-order valence-corrected chi connectivity index (χ2v) is 6.77. The van der Waals surface area contributed by atoms with Gasteiger partial charge in [0, 0.05) is 26.1 Å². The van der Waals surface area contributed by atoms with Crippen molar-refractivity contribution in [3.8, 4) is 0 Å². The maximum Gasteiger partial charge on any atom is 0.180 e. The van der Waals surface area contributed by atoms with Crippen LogP contribution in [0.15, 0.2) is 0 Å². The molecule has 3 rings (SSSR count). The molecule has 22 heavy (non-hydrogen) atoms. The van der Waals surface area contributed by atoms with Crippen LogP contribution < -0.4 is 0 Å². The Bertz CT molecular complexity index is 470. The van der Waals surface area contributed by atoms with Gasteiger partial charge in [-0.1, -0.05) is 26.2 Å². The minimum absolute atomic E-state index is 0.0807. The monoisotopic (exact) mass is 308 g/mol. The highest BCUT2D eigenvalue weighted by Gasteiger charge is 2.34. The van der Waals surface area contributed by atoms with Crippen molar-refractivity contribution in [2.45, 2.75) is 63.6 Å². The maximum atomic E-state index is 10.7. The number of nitrogens with zero attached hydrogens (tertiary/aromatic N) is 3. The number of β-amino-alcohol motifs (C(OH)–C–C–N with tert-alkyl or cyclic N) is 1. The lowest BCUT2D eigenvalue weighted by Crippen LogP contribution is -2.49. The number of aromatic nitrogens is 3. The molecule has 1 aliphatic carbocycles. The largest absolute Gasteiger partial charge is 0.389 e. The molecule has 124 valence electrons. The van der Waals surface area contributed by atoms with Gasteiger partial charge in [0.2, 0.25) is 0 Å². The summed E-state index contributed by atoms with van der Waals surface area (Å²) in [6, 6.07) is 0. The summed E-state index contributed by atoms with van der Waals surface area (Å²) in [5.41, 5.74) is -0.507. The van der Waals surface area contributed by atoms with E-state index in [1.54, 1.807) is 0 Å². The van der Waals surface area contributed by atoms with Crippen LogP contribution in [-0.2, 0) is 11.2 Å². The fourth-order valence-corrected chi connectivity index (χ4v) is 3.59. The molecule has 1 atom stereocenters. The molecule has 2 heterocycles. The van der Waals surface area contributed by atoms with E-state index in [-0.39, 0.29) is 6.10 Å². The van der Waals surface area contributed by atoms with Crippen molar-refractivity contribution in [3.63, 3.8) is 0 Å². The summed E-state index contributed by atoms with van der Waals surface area (Å²) in [6.07, 6.45) is 7.29. The Hall–Kier alpha value is -0.980. The van der Waals surface area contributed by atoms with Gasteiger partial charge in [-0.25, -0.2) is 4.98 Å². The molecule has 0 bridgehead atoms. The number of morpholine rings is 1. The van der Waals surface area contributed by atoms with Crippen LogP contribution in [-0.4, -0.2) is 57.0 Å². The number of ether oxygens (including phenoxy) is 1. The van der Waals surface area contributed by atoms with E-state index in [4.69, 9.17) is 4.74 Å². The van der Waals surface area contributed by atoms with Crippen molar-refractivity contribution >= 4 is 0 Å². The highest BCUT2D eigenvalue weighted by Crippen LogP contribution is 2.30. The van der Waals surface area contributed by atoms with Crippen LogP contribution in [0.3, 0.4) is 0 Å². The van der Waals surface area contributed by atoms with Crippen molar-refractivity contribution < 1.29 is 9.84 Å². The Kier molecular flexibility index (Phi) is 5.10. The van der Waals surface area contributed by atoms with E-state index < -0.39 is 5.60 Å². The predicted molar refractivity (Wildman–Crippen MR) is 83.5 cm³/mol. The molecular weight excluding hydrogens is 280 g/mol. The SMILES string of the molecule is CCCc1nc(C2CN(CC3(O)CCCCC3)CCO2)n[nH]1.